The zero-order valence-corrected chi connectivity index (χ0v) is 6.47. The molecule has 1 amide bonds. The Labute approximate surface area is 70.3 Å². The van der Waals surface area contributed by atoms with Crippen LogP contribution in [0.15, 0.2) is 35.7 Å². The van der Waals surface area contributed by atoms with Crippen LogP contribution >= 0.6 is 0 Å². The van der Waals surface area contributed by atoms with Crippen LogP contribution in [0, 0.1) is 0 Å². The van der Waals surface area contributed by atoms with Gasteiger partial charge in [0, 0.05) is 18.6 Å². The second kappa shape index (κ2) is 5.01. The van der Waals surface area contributed by atoms with Crippen LogP contribution in [0.1, 0.15) is 6.42 Å². The lowest BCUT2D eigenvalue weighted by Gasteiger charge is -1.77. The van der Waals surface area contributed by atoms with Gasteiger partial charge in [0.05, 0.1) is 6.42 Å². The van der Waals surface area contributed by atoms with Gasteiger partial charge in [-0.05, 0) is 12.1 Å². The van der Waals surface area contributed by atoms with Crippen molar-refractivity contribution in [3.8, 4) is 0 Å². The summed E-state index contributed by atoms with van der Waals surface area (Å²) in [6, 6.07) is 5.72. The van der Waals surface area contributed by atoms with Gasteiger partial charge in [0.2, 0.25) is 5.91 Å². The van der Waals surface area contributed by atoms with Gasteiger partial charge in [-0.15, -0.1) is 0 Å². The summed E-state index contributed by atoms with van der Waals surface area (Å²) in [5, 5.41) is 3.44. The number of amides is 1. The molecule has 12 heavy (non-hydrogen) atoms. The molecule has 4 heteroatoms. The van der Waals surface area contributed by atoms with Gasteiger partial charge >= 0.3 is 0 Å². The van der Waals surface area contributed by atoms with E-state index in [1.54, 1.807) is 18.6 Å². The normalized spacial score (nSPS) is 13.2. The lowest BCUT2D eigenvalue weighted by atomic mass is 10.5. The van der Waals surface area contributed by atoms with Crippen molar-refractivity contribution in [2.45, 2.75) is 6.42 Å². The maximum Gasteiger partial charge on any atom is 0.245 e. The van der Waals surface area contributed by atoms with Gasteiger partial charge in [-0.25, -0.2) is 5.43 Å². The smallest absolute Gasteiger partial charge is 0.245 e. The van der Waals surface area contributed by atoms with E-state index >= 15 is 0 Å². The summed E-state index contributed by atoms with van der Waals surface area (Å²) < 4.78 is 0. The van der Waals surface area contributed by atoms with E-state index in [9.17, 15) is 4.79 Å². The predicted molar refractivity (Wildman–Crippen MR) is 45.5 cm³/mol. The third-order valence-corrected chi connectivity index (χ3v) is 1.12. The van der Waals surface area contributed by atoms with E-state index in [2.05, 4.69) is 15.5 Å². The third-order valence-electron chi connectivity index (χ3n) is 1.12. The van der Waals surface area contributed by atoms with Crippen LogP contribution in [-0.2, 0) is 4.79 Å². The second-order valence-corrected chi connectivity index (χ2v) is 2.08. The monoisotopic (exact) mass is 163 g/mol. The number of pyridine rings is 1. The summed E-state index contributed by atoms with van der Waals surface area (Å²) in [6.45, 7) is 0. The van der Waals surface area contributed by atoms with E-state index in [0.717, 1.165) is 0 Å². The fourth-order valence-corrected chi connectivity index (χ4v) is 0.604. The molecule has 0 radical (unpaired) electrons. The number of hydrogen-bond donors (Lipinski definition) is 1. The molecule has 0 fully saturated rings. The Morgan fingerprint density at radius 1 is 1.25 bits per heavy atom. The van der Waals surface area contributed by atoms with Crippen LogP contribution in [0.3, 0.4) is 0 Å². The van der Waals surface area contributed by atoms with Crippen LogP contribution in [0.5, 0.6) is 0 Å². The molecule has 1 aliphatic heterocycles. The molecule has 0 saturated heterocycles. The van der Waals surface area contributed by atoms with Gasteiger partial charge in [0.25, 0.3) is 0 Å². The molecule has 0 aliphatic carbocycles. The molecule has 62 valence electrons. The highest BCUT2D eigenvalue weighted by molar-refractivity contribution is 5.93. The summed E-state index contributed by atoms with van der Waals surface area (Å²) in [6.07, 6.45) is 5.49. The van der Waals surface area contributed by atoms with Crippen LogP contribution in [0.2, 0.25) is 0 Å². The predicted octanol–water partition coefficient (Wildman–Crippen LogP) is 0.574. The Balaban J connectivity index is 0.000000120. The van der Waals surface area contributed by atoms with Crippen molar-refractivity contribution in [3.63, 3.8) is 0 Å². The van der Waals surface area contributed by atoms with Crippen molar-refractivity contribution < 1.29 is 4.79 Å². The number of carbonyl (C=O) groups is 1. The highest BCUT2D eigenvalue weighted by Gasteiger charge is 1.99. The van der Waals surface area contributed by atoms with Crippen molar-refractivity contribution in [2.24, 2.45) is 5.10 Å². The molecule has 1 aliphatic rings. The lowest BCUT2D eigenvalue weighted by molar-refractivity contribution is -0.119. The molecule has 1 N–H and O–H groups in total. The van der Waals surface area contributed by atoms with Crippen molar-refractivity contribution in [1.82, 2.24) is 10.4 Å². The quantitative estimate of drug-likeness (QED) is 0.608. The molecule has 0 saturated carbocycles. The fraction of sp³-hybridized carbons (Fsp3) is 0.125. The van der Waals surface area contributed by atoms with Crippen LogP contribution < -0.4 is 5.43 Å². The Morgan fingerprint density at radius 3 is 2.17 bits per heavy atom. The van der Waals surface area contributed by atoms with E-state index in [1.165, 1.54) is 0 Å². The molecular weight excluding hydrogens is 154 g/mol. The lowest BCUT2D eigenvalue weighted by Crippen LogP contribution is -2.08. The van der Waals surface area contributed by atoms with Gasteiger partial charge in [0.15, 0.2) is 0 Å². The van der Waals surface area contributed by atoms with E-state index < -0.39 is 0 Å². The summed E-state index contributed by atoms with van der Waals surface area (Å²) in [4.78, 5) is 13.8. The summed E-state index contributed by atoms with van der Waals surface area (Å²) in [5.41, 5.74) is 2.25. The highest BCUT2D eigenvalue weighted by Crippen LogP contribution is 1.79. The average molecular weight is 163 g/mol. The Hall–Kier alpha value is -1.71. The number of nitrogens with one attached hydrogen (secondary N) is 1. The highest BCUT2D eigenvalue weighted by atomic mass is 16.2. The molecule has 0 bridgehead atoms. The van der Waals surface area contributed by atoms with Crippen molar-refractivity contribution in [3.05, 3.63) is 30.6 Å². The standard InChI is InChI=1S/C5H5N.C3H4N2O/c1-2-4-6-5-3-1;6-3-1-2-4-5-3/h1-5H;2H,1H2,(H,5,6). The minimum atomic E-state index is -0.0185. The molecule has 0 aromatic carbocycles. The molecule has 4 nitrogen and oxygen atoms in total. The maximum atomic E-state index is 10.0. The molecule has 0 spiro atoms. The molecular formula is C8H9N3O. The van der Waals surface area contributed by atoms with Crippen molar-refractivity contribution in [2.75, 3.05) is 0 Å². The number of carbonyl (C=O) groups excluding carboxylic acids is 1. The fourth-order valence-electron chi connectivity index (χ4n) is 0.604. The van der Waals surface area contributed by atoms with E-state index in [-0.39, 0.29) is 5.91 Å². The number of rotatable bonds is 0. The minimum Gasteiger partial charge on any atom is -0.273 e. The zero-order chi connectivity index (χ0) is 8.65. The Bertz CT molecular complexity index is 222. The Morgan fingerprint density at radius 2 is 2.00 bits per heavy atom. The zero-order valence-electron chi connectivity index (χ0n) is 6.47. The second-order valence-electron chi connectivity index (χ2n) is 2.08. The number of hydrogen-bond acceptors (Lipinski definition) is 3. The number of nitrogens with zero attached hydrogens (tertiary/aromatic N) is 2. The molecule has 2 heterocycles. The minimum absolute atomic E-state index is 0.0185. The average Bonchev–Trinajstić information content (AvgIpc) is 2.60. The third kappa shape index (κ3) is 3.46. The first-order valence-corrected chi connectivity index (χ1v) is 3.55. The summed E-state index contributed by atoms with van der Waals surface area (Å²) in [5.74, 6) is -0.0185. The molecule has 2 rings (SSSR count). The van der Waals surface area contributed by atoms with Crippen molar-refractivity contribution >= 4 is 12.1 Å². The van der Waals surface area contributed by atoms with Gasteiger partial charge < -0.3 is 0 Å². The molecule has 1 aromatic heterocycles. The molecule has 0 unspecified atom stereocenters. The van der Waals surface area contributed by atoms with E-state index in [1.807, 2.05) is 18.2 Å². The van der Waals surface area contributed by atoms with Crippen molar-refractivity contribution in [1.29, 1.82) is 0 Å². The number of hydrazone groups is 1. The number of aromatic nitrogens is 1. The first-order chi connectivity index (χ1) is 5.89. The SMILES string of the molecule is O=C1CC=NN1.c1ccncc1. The summed E-state index contributed by atoms with van der Waals surface area (Å²) >= 11 is 0. The Kier molecular flexibility index (Phi) is 3.50. The molecule has 0 atom stereocenters. The van der Waals surface area contributed by atoms with Crippen LogP contribution in [-0.4, -0.2) is 17.1 Å². The van der Waals surface area contributed by atoms with Crippen LogP contribution in [0.4, 0.5) is 0 Å². The summed E-state index contributed by atoms with van der Waals surface area (Å²) in [7, 11) is 0. The van der Waals surface area contributed by atoms with E-state index in [4.69, 9.17) is 0 Å². The topological polar surface area (TPSA) is 54.4 Å². The van der Waals surface area contributed by atoms with Gasteiger partial charge in [-0.3, -0.25) is 9.78 Å². The first-order valence-electron chi connectivity index (χ1n) is 3.55. The first kappa shape index (κ1) is 8.39. The van der Waals surface area contributed by atoms with Gasteiger partial charge in [0.1, 0.15) is 0 Å². The van der Waals surface area contributed by atoms with Gasteiger partial charge in [-0.1, -0.05) is 6.07 Å². The van der Waals surface area contributed by atoms with Gasteiger partial charge in [-0.2, -0.15) is 5.10 Å². The largest absolute Gasteiger partial charge is 0.273 e. The molecule has 1 aromatic rings. The van der Waals surface area contributed by atoms with E-state index in [0.29, 0.717) is 6.42 Å². The van der Waals surface area contributed by atoms with Crippen LogP contribution in [0.25, 0.3) is 0 Å². The maximum absolute atomic E-state index is 10.0.